The average Bonchev–Trinajstić information content (AvgIpc) is 2.47. The lowest BCUT2D eigenvalue weighted by molar-refractivity contribution is 0.0915. The van der Waals surface area contributed by atoms with Gasteiger partial charge in [0.1, 0.15) is 5.82 Å². The van der Waals surface area contributed by atoms with Crippen LogP contribution in [0.25, 0.3) is 10.8 Å². The predicted octanol–water partition coefficient (Wildman–Crippen LogP) is 4.27. The number of hydrogen-bond donors (Lipinski definition) is 1. The van der Waals surface area contributed by atoms with Crippen LogP contribution in [-0.4, -0.2) is 16.8 Å². The van der Waals surface area contributed by atoms with E-state index in [4.69, 9.17) is 0 Å². The molecule has 0 spiro atoms. The monoisotopic (exact) mass is 337 g/mol. The topological polar surface area (TPSA) is 29.1 Å². The Hall–Kier alpha value is -1.42. The van der Waals surface area contributed by atoms with E-state index in [2.05, 4.69) is 21.2 Å². The Bertz CT molecular complexity index is 637. The molecule has 1 unspecified atom stereocenters. The molecule has 2 aromatic rings. The van der Waals surface area contributed by atoms with Crippen molar-refractivity contribution in [2.24, 2.45) is 0 Å². The maximum absolute atomic E-state index is 13.8. The Labute approximate surface area is 126 Å². The molecule has 2 nitrogen and oxygen atoms in total. The molecule has 1 N–H and O–H groups in total. The first-order valence-electron chi connectivity index (χ1n) is 6.56. The Balaban J connectivity index is 2.43. The summed E-state index contributed by atoms with van der Waals surface area (Å²) >= 11 is 3.42. The van der Waals surface area contributed by atoms with E-state index < -0.39 is 0 Å². The second-order valence-electron chi connectivity index (χ2n) is 5.14. The van der Waals surface area contributed by atoms with Crippen molar-refractivity contribution in [3.05, 3.63) is 47.8 Å². The number of carbonyl (C=O) groups is 1. The molecular formula is C16H17BrFNO. The number of alkyl halides is 1. The molecule has 1 amide bonds. The zero-order chi connectivity index (χ0) is 14.8. The molecule has 2 aromatic carbocycles. The maximum Gasteiger partial charge on any atom is 0.252 e. The predicted molar refractivity (Wildman–Crippen MR) is 83.9 cm³/mol. The van der Waals surface area contributed by atoms with Gasteiger partial charge in [-0.25, -0.2) is 4.39 Å². The molecule has 0 aliphatic carbocycles. The summed E-state index contributed by atoms with van der Waals surface area (Å²) in [7, 11) is 0. The molecule has 1 atom stereocenters. The molecule has 20 heavy (non-hydrogen) atoms. The third-order valence-corrected chi connectivity index (χ3v) is 4.84. The minimum Gasteiger partial charge on any atom is -0.346 e. The third kappa shape index (κ3) is 2.85. The summed E-state index contributed by atoms with van der Waals surface area (Å²) in [5, 5.41) is 4.79. The quantitative estimate of drug-likeness (QED) is 0.829. The number of nitrogens with one attached hydrogen (secondary N) is 1. The molecule has 0 fully saturated rings. The molecule has 0 heterocycles. The zero-order valence-corrected chi connectivity index (χ0v) is 13.1. The fourth-order valence-electron chi connectivity index (χ4n) is 2.02. The number of fused-ring (bicyclic) bond motifs is 1. The molecule has 106 valence electrons. The Morgan fingerprint density at radius 1 is 1.25 bits per heavy atom. The van der Waals surface area contributed by atoms with Crippen molar-refractivity contribution in [3.8, 4) is 0 Å². The molecule has 0 radical (unpaired) electrons. The van der Waals surface area contributed by atoms with Gasteiger partial charge in [-0.2, -0.15) is 0 Å². The van der Waals surface area contributed by atoms with Gasteiger partial charge in [-0.05, 0) is 30.9 Å². The second kappa shape index (κ2) is 5.92. The fourth-order valence-corrected chi connectivity index (χ4v) is 2.55. The molecule has 0 bridgehead atoms. The highest BCUT2D eigenvalue weighted by atomic mass is 79.9. The standard InChI is InChI=1S/C16H17BrFNO/c1-3-16(2,10-17)19-15(20)13-8-9-14(18)12-7-5-4-6-11(12)13/h4-9H,3,10H2,1-2H3,(H,19,20). The van der Waals surface area contributed by atoms with E-state index in [1.54, 1.807) is 18.2 Å². The summed E-state index contributed by atoms with van der Waals surface area (Å²) in [4.78, 5) is 12.4. The lowest BCUT2D eigenvalue weighted by Crippen LogP contribution is -2.47. The highest BCUT2D eigenvalue weighted by Gasteiger charge is 2.24. The fraction of sp³-hybridized carbons (Fsp3) is 0.312. The number of carbonyl (C=O) groups excluding carboxylic acids is 1. The smallest absolute Gasteiger partial charge is 0.252 e. The van der Waals surface area contributed by atoms with Gasteiger partial charge in [0.2, 0.25) is 0 Å². The van der Waals surface area contributed by atoms with E-state index in [1.165, 1.54) is 12.1 Å². The average molecular weight is 338 g/mol. The van der Waals surface area contributed by atoms with E-state index in [0.717, 1.165) is 6.42 Å². The highest BCUT2D eigenvalue weighted by Crippen LogP contribution is 2.23. The van der Waals surface area contributed by atoms with Crippen LogP contribution in [0.1, 0.15) is 30.6 Å². The number of rotatable bonds is 4. The third-order valence-electron chi connectivity index (χ3n) is 3.61. The second-order valence-corrected chi connectivity index (χ2v) is 5.70. The summed E-state index contributed by atoms with van der Waals surface area (Å²) < 4.78 is 13.8. The SMILES string of the molecule is CCC(C)(CBr)NC(=O)c1ccc(F)c2ccccc12. The van der Waals surface area contributed by atoms with Gasteiger partial charge in [-0.3, -0.25) is 4.79 Å². The van der Waals surface area contributed by atoms with Gasteiger partial charge in [0, 0.05) is 21.8 Å². The van der Waals surface area contributed by atoms with Gasteiger partial charge in [0.25, 0.3) is 5.91 Å². The van der Waals surface area contributed by atoms with Gasteiger partial charge in [0.05, 0.1) is 0 Å². The summed E-state index contributed by atoms with van der Waals surface area (Å²) in [6, 6.07) is 9.91. The van der Waals surface area contributed by atoms with Crippen LogP contribution in [0.4, 0.5) is 4.39 Å². The molecule has 0 aliphatic heterocycles. The van der Waals surface area contributed by atoms with E-state index in [9.17, 15) is 9.18 Å². The molecule has 4 heteroatoms. The van der Waals surface area contributed by atoms with Crippen LogP contribution < -0.4 is 5.32 Å². The Morgan fingerprint density at radius 3 is 2.50 bits per heavy atom. The van der Waals surface area contributed by atoms with Gasteiger partial charge < -0.3 is 5.32 Å². The van der Waals surface area contributed by atoms with Crippen LogP contribution in [0.3, 0.4) is 0 Å². The first-order valence-corrected chi connectivity index (χ1v) is 7.68. The molecule has 0 saturated heterocycles. The number of amides is 1. The minimum atomic E-state index is -0.313. The van der Waals surface area contributed by atoms with E-state index in [-0.39, 0.29) is 17.3 Å². The van der Waals surface area contributed by atoms with Crippen molar-refractivity contribution >= 4 is 32.6 Å². The van der Waals surface area contributed by atoms with Gasteiger partial charge in [-0.15, -0.1) is 0 Å². The van der Waals surface area contributed by atoms with Crippen molar-refractivity contribution in [1.82, 2.24) is 5.32 Å². The first kappa shape index (κ1) is 15.0. The largest absolute Gasteiger partial charge is 0.346 e. The van der Waals surface area contributed by atoms with Crippen LogP contribution in [-0.2, 0) is 0 Å². The van der Waals surface area contributed by atoms with Crippen LogP contribution in [0.5, 0.6) is 0 Å². The Morgan fingerprint density at radius 2 is 1.90 bits per heavy atom. The lowest BCUT2D eigenvalue weighted by Gasteiger charge is -2.27. The van der Waals surface area contributed by atoms with Crippen molar-refractivity contribution < 1.29 is 9.18 Å². The number of benzene rings is 2. The minimum absolute atomic E-state index is 0.176. The summed E-state index contributed by atoms with van der Waals surface area (Å²) in [5.74, 6) is -0.485. The van der Waals surface area contributed by atoms with Gasteiger partial charge >= 0.3 is 0 Å². The lowest BCUT2D eigenvalue weighted by atomic mass is 9.99. The van der Waals surface area contributed by atoms with Crippen LogP contribution in [0, 0.1) is 5.82 Å². The normalized spacial score (nSPS) is 14.0. The summed E-state index contributed by atoms with van der Waals surface area (Å²) in [5.41, 5.74) is 0.190. The van der Waals surface area contributed by atoms with Crippen molar-refractivity contribution in [2.75, 3.05) is 5.33 Å². The molecule has 0 aliphatic rings. The molecule has 2 rings (SSSR count). The molecular weight excluding hydrogens is 321 g/mol. The van der Waals surface area contributed by atoms with Crippen molar-refractivity contribution in [3.63, 3.8) is 0 Å². The first-order chi connectivity index (χ1) is 9.50. The summed E-state index contributed by atoms with van der Waals surface area (Å²) in [6.07, 6.45) is 0.809. The van der Waals surface area contributed by atoms with Gasteiger partial charge in [0.15, 0.2) is 0 Å². The molecule has 0 saturated carbocycles. The highest BCUT2D eigenvalue weighted by molar-refractivity contribution is 9.09. The van der Waals surface area contributed by atoms with Crippen molar-refractivity contribution in [2.45, 2.75) is 25.8 Å². The van der Waals surface area contributed by atoms with Crippen LogP contribution in [0.2, 0.25) is 0 Å². The Kier molecular flexibility index (Phi) is 4.43. The van der Waals surface area contributed by atoms with Crippen LogP contribution >= 0.6 is 15.9 Å². The van der Waals surface area contributed by atoms with E-state index in [0.29, 0.717) is 21.7 Å². The van der Waals surface area contributed by atoms with Crippen LogP contribution in [0.15, 0.2) is 36.4 Å². The van der Waals surface area contributed by atoms with E-state index >= 15 is 0 Å². The van der Waals surface area contributed by atoms with E-state index in [1.807, 2.05) is 19.9 Å². The zero-order valence-electron chi connectivity index (χ0n) is 11.5. The summed E-state index contributed by atoms with van der Waals surface area (Å²) in [6.45, 7) is 4.00. The van der Waals surface area contributed by atoms with Crippen molar-refractivity contribution in [1.29, 1.82) is 0 Å². The number of halogens is 2. The number of hydrogen-bond acceptors (Lipinski definition) is 1. The maximum atomic E-state index is 13.8. The molecule has 0 aromatic heterocycles. The van der Waals surface area contributed by atoms with Gasteiger partial charge in [-0.1, -0.05) is 47.1 Å².